The van der Waals surface area contributed by atoms with Gasteiger partial charge in [-0.25, -0.2) is 0 Å². The van der Waals surface area contributed by atoms with Crippen LogP contribution in [0.1, 0.15) is 44.2 Å². The molecule has 2 N–H and O–H groups in total. The van der Waals surface area contributed by atoms with Crippen molar-refractivity contribution in [2.75, 3.05) is 7.05 Å². The second kappa shape index (κ2) is 3.17. The van der Waals surface area contributed by atoms with E-state index in [-0.39, 0.29) is 0 Å². The highest BCUT2D eigenvalue weighted by atomic mass is 15.0. The molecule has 4 aliphatic rings. The van der Waals surface area contributed by atoms with Gasteiger partial charge in [-0.1, -0.05) is 0 Å². The van der Waals surface area contributed by atoms with Crippen LogP contribution in [0.15, 0.2) is 18.3 Å². The van der Waals surface area contributed by atoms with E-state index in [9.17, 15) is 0 Å². The molecular weight excluding hydrogens is 208 g/mol. The second-order valence-corrected chi connectivity index (χ2v) is 6.86. The van der Waals surface area contributed by atoms with E-state index >= 15 is 0 Å². The molecule has 4 fully saturated rings. The second-order valence-electron chi connectivity index (χ2n) is 6.86. The van der Waals surface area contributed by atoms with Crippen molar-refractivity contribution in [2.24, 2.45) is 11.8 Å². The van der Waals surface area contributed by atoms with Gasteiger partial charge in [-0.3, -0.25) is 0 Å². The van der Waals surface area contributed by atoms with Crippen LogP contribution in [0.25, 0.3) is 0 Å². The van der Waals surface area contributed by atoms with Crippen molar-refractivity contribution in [3.63, 3.8) is 0 Å². The molecule has 0 amide bonds. The van der Waals surface area contributed by atoms with Crippen molar-refractivity contribution in [1.29, 1.82) is 0 Å². The van der Waals surface area contributed by atoms with Gasteiger partial charge in [0, 0.05) is 22.8 Å². The lowest BCUT2D eigenvalue weighted by Crippen LogP contribution is -2.62. The first-order valence-electron chi connectivity index (χ1n) is 7.06. The van der Waals surface area contributed by atoms with Gasteiger partial charge in [0.2, 0.25) is 0 Å². The number of hydrogen-bond donors (Lipinski definition) is 2. The third kappa shape index (κ3) is 1.31. The standard InChI is InChI=1S/C15H22N2/c1-16-15-8-11-5-12(9-15)7-14(6-11,10-15)13-3-2-4-17-13/h2-4,11-12,16-17H,5-10H2,1H3. The average molecular weight is 230 g/mol. The van der Waals surface area contributed by atoms with E-state index in [0.29, 0.717) is 11.0 Å². The first kappa shape index (κ1) is 10.2. The molecule has 2 unspecified atom stereocenters. The molecule has 4 saturated carbocycles. The van der Waals surface area contributed by atoms with Crippen molar-refractivity contribution in [1.82, 2.24) is 10.3 Å². The van der Waals surface area contributed by atoms with Gasteiger partial charge in [0.25, 0.3) is 0 Å². The van der Waals surface area contributed by atoms with Crippen molar-refractivity contribution in [3.05, 3.63) is 24.0 Å². The van der Waals surface area contributed by atoms with Gasteiger partial charge in [0.15, 0.2) is 0 Å². The zero-order chi connectivity index (χ0) is 11.5. The topological polar surface area (TPSA) is 27.8 Å². The Hall–Kier alpha value is -0.760. The Balaban J connectivity index is 1.78. The molecule has 0 spiro atoms. The Morgan fingerprint density at radius 3 is 2.59 bits per heavy atom. The summed E-state index contributed by atoms with van der Waals surface area (Å²) in [7, 11) is 2.18. The van der Waals surface area contributed by atoms with E-state index < -0.39 is 0 Å². The highest BCUT2D eigenvalue weighted by Gasteiger charge is 2.57. The number of aromatic nitrogens is 1. The lowest BCUT2D eigenvalue weighted by Gasteiger charge is -2.62. The van der Waals surface area contributed by atoms with Crippen LogP contribution >= 0.6 is 0 Å². The van der Waals surface area contributed by atoms with Crippen molar-refractivity contribution in [3.8, 4) is 0 Å². The predicted molar refractivity (Wildman–Crippen MR) is 68.9 cm³/mol. The Labute approximate surface area is 103 Å². The molecule has 4 bridgehead atoms. The number of aromatic amines is 1. The fraction of sp³-hybridized carbons (Fsp3) is 0.733. The maximum atomic E-state index is 3.68. The molecule has 17 heavy (non-hydrogen) atoms. The molecule has 1 heterocycles. The van der Waals surface area contributed by atoms with Crippen LogP contribution in [0.5, 0.6) is 0 Å². The largest absolute Gasteiger partial charge is 0.365 e. The van der Waals surface area contributed by atoms with Crippen LogP contribution in [0.3, 0.4) is 0 Å². The quantitative estimate of drug-likeness (QED) is 0.803. The number of nitrogens with one attached hydrogen (secondary N) is 2. The molecule has 0 aromatic carbocycles. The van der Waals surface area contributed by atoms with Gasteiger partial charge >= 0.3 is 0 Å². The van der Waals surface area contributed by atoms with Crippen LogP contribution in [0.2, 0.25) is 0 Å². The molecule has 2 atom stereocenters. The summed E-state index contributed by atoms with van der Waals surface area (Å²) in [5.74, 6) is 1.93. The van der Waals surface area contributed by atoms with E-state index in [1.165, 1.54) is 44.2 Å². The van der Waals surface area contributed by atoms with Gasteiger partial charge in [0.05, 0.1) is 0 Å². The molecule has 0 radical (unpaired) electrons. The average Bonchev–Trinajstić information content (AvgIpc) is 2.81. The Kier molecular flexibility index (Phi) is 1.90. The zero-order valence-corrected chi connectivity index (χ0v) is 10.6. The number of H-pyrrole nitrogens is 1. The van der Waals surface area contributed by atoms with E-state index in [2.05, 4.69) is 35.7 Å². The van der Waals surface area contributed by atoms with Crippen molar-refractivity contribution < 1.29 is 0 Å². The van der Waals surface area contributed by atoms with Gasteiger partial charge in [-0.15, -0.1) is 0 Å². The van der Waals surface area contributed by atoms with Gasteiger partial charge in [0.1, 0.15) is 0 Å². The summed E-state index contributed by atoms with van der Waals surface area (Å²) in [6.07, 6.45) is 10.6. The Morgan fingerprint density at radius 1 is 1.24 bits per heavy atom. The molecule has 2 nitrogen and oxygen atoms in total. The van der Waals surface area contributed by atoms with E-state index in [4.69, 9.17) is 0 Å². The lowest BCUT2D eigenvalue weighted by atomic mass is 9.46. The number of rotatable bonds is 2. The monoisotopic (exact) mass is 230 g/mol. The molecule has 1 aromatic heterocycles. The number of hydrogen-bond acceptors (Lipinski definition) is 1. The predicted octanol–water partition coefficient (Wildman–Crippen LogP) is 2.82. The molecule has 2 heteroatoms. The van der Waals surface area contributed by atoms with Gasteiger partial charge < -0.3 is 10.3 Å². The molecule has 0 aliphatic heterocycles. The van der Waals surface area contributed by atoms with Crippen molar-refractivity contribution >= 4 is 0 Å². The lowest BCUT2D eigenvalue weighted by molar-refractivity contribution is -0.0388. The van der Waals surface area contributed by atoms with Crippen LogP contribution in [0, 0.1) is 11.8 Å². The summed E-state index contributed by atoms with van der Waals surface area (Å²) in [6, 6.07) is 4.48. The summed E-state index contributed by atoms with van der Waals surface area (Å²) in [5.41, 5.74) is 2.43. The minimum Gasteiger partial charge on any atom is -0.365 e. The van der Waals surface area contributed by atoms with Gasteiger partial charge in [-0.2, -0.15) is 0 Å². The highest BCUT2D eigenvalue weighted by molar-refractivity contribution is 5.26. The van der Waals surface area contributed by atoms with Gasteiger partial charge in [-0.05, 0) is 69.5 Å². The van der Waals surface area contributed by atoms with E-state index in [1.54, 1.807) is 0 Å². The Morgan fingerprint density at radius 2 is 2.00 bits per heavy atom. The molecular formula is C15H22N2. The van der Waals surface area contributed by atoms with E-state index in [1.807, 2.05) is 0 Å². The smallest absolute Gasteiger partial charge is 0.0210 e. The molecule has 5 rings (SSSR count). The molecule has 0 saturated heterocycles. The summed E-state index contributed by atoms with van der Waals surface area (Å²) < 4.78 is 0. The summed E-state index contributed by atoms with van der Waals surface area (Å²) >= 11 is 0. The zero-order valence-electron chi connectivity index (χ0n) is 10.6. The van der Waals surface area contributed by atoms with Crippen LogP contribution in [0.4, 0.5) is 0 Å². The fourth-order valence-corrected chi connectivity index (χ4v) is 5.53. The summed E-state index contributed by atoms with van der Waals surface area (Å²) in [4.78, 5) is 3.51. The molecule has 4 aliphatic carbocycles. The molecule has 92 valence electrons. The first-order valence-corrected chi connectivity index (χ1v) is 7.06. The third-order valence-electron chi connectivity index (χ3n) is 5.76. The summed E-state index contributed by atoms with van der Waals surface area (Å²) in [5, 5.41) is 3.68. The first-order chi connectivity index (χ1) is 8.24. The Bertz CT molecular complexity index is 406. The minimum atomic E-state index is 0.454. The van der Waals surface area contributed by atoms with Crippen LogP contribution in [-0.2, 0) is 5.41 Å². The van der Waals surface area contributed by atoms with Crippen LogP contribution < -0.4 is 5.32 Å². The SMILES string of the molecule is CNC12CC3CC(C1)CC(c1ccc[nH]1)(C3)C2. The maximum absolute atomic E-state index is 3.68. The summed E-state index contributed by atoms with van der Waals surface area (Å²) in [6.45, 7) is 0. The third-order valence-corrected chi connectivity index (χ3v) is 5.76. The molecule has 1 aromatic rings. The van der Waals surface area contributed by atoms with E-state index in [0.717, 1.165) is 11.8 Å². The highest BCUT2D eigenvalue weighted by Crippen LogP contribution is 2.61. The minimum absolute atomic E-state index is 0.454. The van der Waals surface area contributed by atoms with Crippen molar-refractivity contribution in [2.45, 2.75) is 49.5 Å². The maximum Gasteiger partial charge on any atom is 0.0210 e. The van der Waals surface area contributed by atoms with Crippen LogP contribution in [-0.4, -0.2) is 17.6 Å². The normalized spacial score (nSPS) is 47.6. The fourth-order valence-electron chi connectivity index (χ4n) is 5.53.